The number of hydrogen-bond acceptors (Lipinski definition) is 7. The van der Waals surface area contributed by atoms with E-state index >= 15 is 0 Å². The van der Waals surface area contributed by atoms with Gasteiger partial charge in [0, 0.05) is 13.0 Å². The van der Waals surface area contributed by atoms with Gasteiger partial charge in [-0.05, 0) is 77.0 Å². The number of nitrogens with zero attached hydrogens (tertiary/aromatic N) is 1. The van der Waals surface area contributed by atoms with E-state index in [1.54, 1.807) is 0 Å². The maximum absolute atomic E-state index is 12.7. The van der Waals surface area contributed by atoms with Crippen molar-refractivity contribution >= 4 is 13.8 Å². The third-order valence-electron chi connectivity index (χ3n) is 8.80. The van der Waals surface area contributed by atoms with Gasteiger partial charge >= 0.3 is 5.97 Å². The van der Waals surface area contributed by atoms with E-state index < -0.39 is 13.9 Å². The number of ether oxygens (including phenoxy) is 2. The third-order valence-corrected chi connectivity index (χ3v) is 9.77. The Kier molecular flexibility index (Phi) is 36.8. The Morgan fingerprint density at radius 3 is 1.63 bits per heavy atom. The molecule has 0 aromatic heterocycles. The minimum Gasteiger partial charge on any atom is -0.756 e. The molecule has 2 unspecified atom stereocenters. The van der Waals surface area contributed by atoms with Gasteiger partial charge in [0.25, 0.3) is 7.82 Å². The summed E-state index contributed by atoms with van der Waals surface area (Å²) < 4.78 is 34.5. The van der Waals surface area contributed by atoms with Crippen LogP contribution in [0.4, 0.5) is 0 Å². The number of quaternary nitrogens is 1. The first-order valence-electron chi connectivity index (χ1n) is 21.5. The van der Waals surface area contributed by atoms with Gasteiger partial charge < -0.3 is 27.9 Å². The largest absolute Gasteiger partial charge is 0.756 e. The Balaban J connectivity index is 4.33. The highest BCUT2D eigenvalue weighted by atomic mass is 31.2. The molecule has 0 saturated carbocycles. The van der Waals surface area contributed by atoms with Crippen LogP contribution in [0.3, 0.4) is 0 Å². The van der Waals surface area contributed by atoms with Gasteiger partial charge in [-0.25, -0.2) is 0 Å². The lowest BCUT2D eigenvalue weighted by atomic mass is 10.1. The molecule has 0 N–H and O–H groups in total. The van der Waals surface area contributed by atoms with Crippen LogP contribution < -0.4 is 4.89 Å². The lowest BCUT2D eigenvalue weighted by Crippen LogP contribution is -2.37. The molecule has 0 fully saturated rings. The zero-order chi connectivity index (χ0) is 39.9. The molecule has 8 nitrogen and oxygen atoms in total. The number of rotatable bonds is 39. The third kappa shape index (κ3) is 41.4. The molecule has 0 spiro atoms. The van der Waals surface area contributed by atoms with Crippen molar-refractivity contribution in [2.75, 3.05) is 54.1 Å². The van der Waals surface area contributed by atoms with Crippen molar-refractivity contribution in [2.24, 2.45) is 0 Å². The fourth-order valence-corrected chi connectivity index (χ4v) is 6.20. The Morgan fingerprint density at radius 2 is 1.07 bits per heavy atom. The van der Waals surface area contributed by atoms with E-state index in [1.165, 1.54) is 57.8 Å². The molecule has 0 radical (unpaired) electrons. The fraction of sp³-hybridized carbons (Fsp3) is 0.756. The van der Waals surface area contributed by atoms with Crippen LogP contribution in [0.25, 0.3) is 0 Å². The summed E-state index contributed by atoms with van der Waals surface area (Å²) >= 11 is 0. The van der Waals surface area contributed by atoms with Crippen LogP contribution in [0.15, 0.2) is 60.8 Å². The van der Waals surface area contributed by atoms with E-state index in [0.29, 0.717) is 24.1 Å². The average molecular weight is 780 g/mol. The summed E-state index contributed by atoms with van der Waals surface area (Å²) in [6.07, 6.45) is 46.6. The van der Waals surface area contributed by atoms with Crippen molar-refractivity contribution < 1.29 is 37.3 Å². The highest BCUT2D eigenvalue weighted by Gasteiger charge is 2.20. The van der Waals surface area contributed by atoms with E-state index in [1.807, 2.05) is 21.1 Å². The molecule has 0 aliphatic heterocycles. The molecule has 0 aliphatic carbocycles. The lowest BCUT2D eigenvalue weighted by Gasteiger charge is -2.28. The predicted molar refractivity (Wildman–Crippen MR) is 226 cm³/mol. The highest BCUT2D eigenvalue weighted by Crippen LogP contribution is 2.38. The van der Waals surface area contributed by atoms with Gasteiger partial charge in [-0.15, -0.1) is 0 Å². The van der Waals surface area contributed by atoms with Crippen LogP contribution >= 0.6 is 7.82 Å². The first-order valence-corrected chi connectivity index (χ1v) is 23.0. The summed E-state index contributed by atoms with van der Waals surface area (Å²) in [7, 11) is 1.32. The Hall–Kier alpha value is -1.80. The summed E-state index contributed by atoms with van der Waals surface area (Å²) in [6.45, 7) is 5.19. The van der Waals surface area contributed by atoms with Crippen molar-refractivity contribution in [1.29, 1.82) is 0 Å². The number of likely N-dealkylation sites (N-methyl/N-ethyl adjacent to an activating group) is 1. The lowest BCUT2D eigenvalue weighted by molar-refractivity contribution is -0.870. The summed E-state index contributed by atoms with van der Waals surface area (Å²) in [5, 5.41) is 0. The predicted octanol–water partition coefficient (Wildman–Crippen LogP) is 11.9. The van der Waals surface area contributed by atoms with Crippen LogP contribution in [-0.4, -0.2) is 70.7 Å². The molecule has 0 bridgehead atoms. The Bertz CT molecular complexity index is 1050. The van der Waals surface area contributed by atoms with Crippen molar-refractivity contribution in [2.45, 2.75) is 168 Å². The van der Waals surface area contributed by atoms with E-state index in [0.717, 1.165) is 83.5 Å². The number of allylic oxidation sites excluding steroid dienone is 10. The summed E-state index contributed by atoms with van der Waals surface area (Å²) in [5.74, 6) is -0.356. The maximum atomic E-state index is 12.7. The molecule has 0 aliphatic rings. The van der Waals surface area contributed by atoms with E-state index in [9.17, 15) is 14.3 Å². The first kappa shape index (κ1) is 52.2. The monoisotopic (exact) mass is 780 g/mol. The van der Waals surface area contributed by atoms with E-state index in [4.69, 9.17) is 18.5 Å². The van der Waals surface area contributed by atoms with Gasteiger partial charge in [0.1, 0.15) is 19.3 Å². The summed E-state index contributed by atoms with van der Waals surface area (Å²) in [4.78, 5) is 25.0. The molecular formula is C45H82NO7P. The molecule has 9 heteroatoms. The van der Waals surface area contributed by atoms with Crippen LogP contribution in [0, 0.1) is 0 Å². The number of phosphoric acid groups is 1. The van der Waals surface area contributed by atoms with Gasteiger partial charge in [-0.1, -0.05) is 139 Å². The maximum Gasteiger partial charge on any atom is 0.306 e. The Labute approximate surface area is 332 Å². The topological polar surface area (TPSA) is 94.1 Å². The smallest absolute Gasteiger partial charge is 0.306 e. The van der Waals surface area contributed by atoms with Crippen LogP contribution in [0.1, 0.15) is 162 Å². The first-order chi connectivity index (χ1) is 26.1. The second kappa shape index (κ2) is 38.1. The molecule has 314 valence electrons. The highest BCUT2D eigenvalue weighted by molar-refractivity contribution is 7.45. The zero-order valence-corrected chi connectivity index (χ0v) is 36.3. The number of esters is 1. The summed E-state index contributed by atoms with van der Waals surface area (Å²) in [5.41, 5.74) is 0. The quantitative estimate of drug-likeness (QED) is 0.0202. The minimum absolute atomic E-state index is 0.0156. The Morgan fingerprint density at radius 1 is 0.593 bits per heavy atom. The van der Waals surface area contributed by atoms with E-state index in [-0.39, 0.29) is 25.8 Å². The second-order valence-electron chi connectivity index (χ2n) is 15.3. The zero-order valence-electron chi connectivity index (χ0n) is 35.4. The van der Waals surface area contributed by atoms with E-state index in [2.05, 4.69) is 74.6 Å². The molecular weight excluding hydrogens is 697 g/mol. The molecule has 54 heavy (non-hydrogen) atoms. The molecule has 0 aromatic rings. The average Bonchev–Trinajstić information content (AvgIpc) is 3.12. The van der Waals surface area contributed by atoms with Gasteiger partial charge in [-0.3, -0.25) is 9.36 Å². The normalized spacial score (nSPS) is 14.4. The number of carbonyl (C=O) groups is 1. The summed E-state index contributed by atoms with van der Waals surface area (Å²) in [6, 6.07) is 0. The van der Waals surface area contributed by atoms with Crippen molar-refractivity contribution in [3.63, 3.8) is 0 Å². The van der Waals surface area contributed by atoms with Gasteiger partial charge in [-0.2, -0.15) is 0 Å². The van der Waals surface area contributed by atoms with Crippen LogP contribution in [0.5, 0.6) is 0 Å². The number of carbonyl (C=O) groups excluding carboxylic acids is 1. The molecule has 2 atom stereocenters. The van der Waals surface area contributed by atoms with Crippen molar-refractivity contribution in [1.82, 2.24) is 0 Å². The minimum atomic E-state index is -4.54. The molecule has 0 heterocycles. The molecule has 0 rings (SSSR count). The number of unbranched alkanes of at least 4 members (excludes halogenated alkanes) is 15. The fourth-order valence-electron chi connectivity index (χ4n) is 5.47. The molecule has 0 aromatic carbocycles. The van der Waals surface area contributed by atoms with Crippen LogP contribution in [0.2, 0.25) is 0 Å². The van der Waals surface area contributed by atoms with Crippen molar-refractivity contribution in [3.8, 4) is 0 Å². The standard InChI is InChI=1S/C45H82NO7P/c1-6-8-10-12-14-16-18-20-22-24-26-28-30-32-34-36-38-45(47)53-44(43-52-54(48,49)51-41-39-46(3,4)5)42-50-40-37-35-33-31-29-27-25-23-21-19-17-15-13-11-9-7-2/h9,11,15,17,21-24,27,29,44H,6-8,10,12-14,16,18-20,25-26,28,30-43H2,1-5H3/b11-9-,17-15-,23-21-,24-22-,29-27-. The molecule has 0 amide bonds. The number of hydrogen-bond donors (Lipinski definition) is 0. The van der Waals surface area contributed by atoms with Crippen molar-refractivity contribution in [3.05, 3.63) is 60.8 Å². The second-order valence-corrected chi connectivity index (χ2v) is 16.7. The van der Waals surface area contributed by atoms with Gasteiger partial charge in [0.15, 0.2) is 0 Å². The van der Waals surface area contributed by atoms with Crippen LogP contribution in [-0.2, 0) is 27.9 Å². The SMILES string of the molecule is CC/C=C\C/C=C\C/C=C\C/C=C\CCCCCOCC(COP(=O)([O-])OCC[N+](C)(C)C)OC(=O)CCCCCCC/C=C\CCCCCCCCC. The number of phosphoric ester groups is 1. The molecule has 0 saturated heterocycles. The van der Waals surface area contributed by atoms with Gasteiger partial charge in [0.2, 0.25) is 0 Å². The van der Waals surface area contributed by atoms with Gasteiger partial charge in [0.05, 0.1) is 34.4 Å².